The summed E-state index contributed by atoms with van der Waals surface area (Å²) in [4.78, 5) is 26.4. The van der Waals surface area contributed by atoms with Crippen molar-refractivity contribution in [2.75, 3.05) is 39.4 Å². The highest BCUT2D eigenvalue weighted by Crippen LogP contribution is 2.37. The van der Waals surface area contributed by atoms with Crippen molar-refractivity contribution >= 4 is 11.9 Å². The molecular formula is C16H20N2O5. The summed E-state index contributed by atoms with van der Waals surface area (Å²) in [5, 5.41) is 9.01. The Labute approximate surface area is 134 Å². The molecule has 23 heavy (non-hydrogen) atoms. The van der Waals surface area contributed by atoms with E-state index >= 15 is 0 Å². The monoisotopic (exact) mass is 320 g/mol. The van der Waals surface area contributed by atoms with E-state index in [0.29, 0.717) is 50.6 Å². The van der Waals surface area contributed by atoms with Gasteiger partial charge in [0, 0.05) is 32.7 Å². The molecule has 124 valence electrons. The fourth-order valence-corrected chi connectivity index (χ4v) is 2.97. The minimum Gasteiger partial charge on any atom is -0.493 e. The SMILES string of the molecule is CCOc1ccc2c(c1CN1CCN(C(=O)O)CC1)OCC2=O. The summed E-state index contributed by atoms with van der Waals surface area (Å²) in [7, 11) is 0. The van der Waals surface area contributed by atoms with Crippen molar-refractivity contribution in [2.45, 2.75) is 13.5 Å². The van der Waals surface area contributed by atoms with E-state index in [1.165, 1.54) is 4.90 Å². The minimum absolute atomic E-state index is 0.0139. The number of carbonyl (C=O) groups excluding carboxylic acids is 1. The quantitative estimate of drug-likeness (QED) is 0.905. The van der Waals surface area contributed by atoms with Crippen LogP contribution >= 0.6 is 0 Å². The number of benzene rings is 1. The number of hydrogen-bond acceptors (Lipinski definition) is 5. The molecule has 0 bridgehead atoms. The Morgan fingerprint density at radius 3 is 2.70 bits per heavy atom. The van der Waals surface area contributed by atoms with Gasteiger partial charge in [0.1, 0.15) is 11.5 Å². The summed E-state index contributed by atoms with van der Waals surface area (Å²) < 4.78 is 11.2. The van der Waals surface area contributed by atoms with E-state index < -0.39 is 6.09 Å². The Morgan fingerprint density at radius 1 is 1.30 bits per heavy atom. The number of fused-ring (bicyclic) bond motifs is 1. The van der Waals surface area contributed by atoms with Crippen LogP contribution in [0.15, 0.2) is 12.1 Å². The number of Topliss-reactive ketones (excluding diaryl/α,β-unsaturated/α-hetero) is 1. The highest BCUT2D eigenvalue weighted by molar-refractivity contribution is 6.03. The van der Waals surface area contributed by atoms with Gasteiger partial charge in [0.25, 0.3) is 0 Å². The van der Waals surface area contributed by atoms with E-state index in [-0.39, 0.29) is 12.4 Å². The number of carboxylic acid groups (broad SMARTS) is 1. The third-order valence-corrected chi connectivity index (χ3v) is 4.19. The van der Waals surface area contributed by atoms with Gasteiger partial charge in [-0.15, -0.1) is 0 Å². The zero-order valence-electron chi connectivity index (χ0n) is 13.1. The van der Waals surface area contributed by atoms with Crippen molar-refractivity contribution in [3.63, 3.8) is 0 Å². The van der Waals surface area contributed by atoms with Crippen LogP contribution in [0.5, 0.6) is 11.5 Å². The van der Waals surface area contributed by atoms with Crippen LogP contribution < -0.4 is 9.47 Å². The van der Waals surface area contributed by atoms with Crippen LogP contribution in [0.2, 0.25) is 0 Å². The van der Waals surface area contributed by atoms with Gasteiger partial charge < -0.3 is 19.5 Å². The first-order valence-corrected chi connectivity index (χ1v) is 7.75. The summed E-state index contributed by atoms with van der Waals surface area (Å²) in [5.74, 6) is 1.32. The predicted octanol–water partition coefficient (Wildman–Crippen LogP) is 1.46. The van der Waals surface area contributed by atoms with E-state index in [1.54, 1.807) is 6.07 Å². The lowest BCUT2D eigenvalue weighted by Crippen LogP contribution is -2.47. The van der Waals surface area contributed by atoms with Crippen molar-refractivity contribution in [3.8, 4) is 11.5 Å². The molecule has 2 heterocycles. The molecule has 0 spiro atoms. The largest absolute Gasteiger partial charge is 0.493 e. The molecule has 0 aliphatic carbocycles. The zero-order valence-corrected chi connectivity index (χ0v) is 13.1. The Morgan fingerprint density at radius 2 is 2.04 bits per heavy atom. The van der Waals surface area contributed by atoms with Crippen molar-refractivity contribution in [1.29, 1.82) is 0 Å². The minimum atomic E-state index is -0.880. The number of carbonyl (C=O) groups is 2. The fourth-order valence-electron chi connectivity index (χ4n) is 2.97. The molecule has 0 saturated carbocycles. The van der Waals surface area contributed by atoms with Gasteiger partial charge in [-0.2, -0.15) is 0 Å². The molecule has 7 nitrogen and oxygen atoms in total. The van der Waals surface area contributed by atoms with Gasteiger partial charge in [-0.1, -0.05) is 0 Å². The van der Waals surface area contributed by atoms with Crippen LogP contribution in [-0.2, 0) is 6.54 Å². The molecule has 3 rings (SSSR count). The van der Waals surface area contributed by atoms with Crippen LogP contribution in [0.4, 0.5) is 4.79 Å². The number of piperazine rings is 1. The Balaban J connectivity index is 1.79. The van der Waals surface area contributed by atoms with Crippen LogP contribution in [0, 0.1) is 0 Å². The van der Waals surface area contributed by atoms with E-state index in [2.05, 4.69) is 4.90 Å². The highest BCUT2D eigenvalue weighted by atomic mass is 16.5. The molecule has 1 aromatic carbocycles. The van der Waals surface area contributed by atoms with Gasteiger partial charge in [0.15, 0.2) is 6.61 Å². The van der Waals surface area contributed by atoms with Gasteiger partial charge in [0.05, 0.1) is 17.7 Å². The molecular weight excluding hydrogens is 300 g/mol. The van der Waals surface area contributed by atoms with Crippen molar-refractivity contribution in [1.82, 2.24) is 9.80 Å². The van der Waals surface area contributed by atoms with Gasteiger partial charge in [0.2, 0.25) is 5.78 Å². The van der Waals surface area contributed by atoms with E-state index in [9.17, 15) is 9.59 Å². The molecule has 1 amide bonds. The lowest BCUT2D eigenvalue weighted by Gasteiger charge is -2.33. The number of rotatable bonds is 4. The molecule has 1 N–H and O–H groups in total. The van der Waals surface area contributed by atoms with Crippen LogP contribution in [0.1, 0.15) is 22.8 Å². The maximum atomic E-state index is 11.8. The molecule has 0 aromatic heterocycles. The number of hydrogen-bond donors (Lipinski definition) is 1. The lowest BCUT2D eigenvalue weighted by atomic mass is 10.1. The maximum Gasteiger partial charge on any atom is 0.407 e. The molecule has 1 saturated heterocycles. The second-order valence-corrected chi connectivity index (χ2v) is 5.61. The molecule has 1 aromatic rings. The molecule has 2 aliphatic heterocycles. The standard InChI is InChI=1S/C16H20N2O5/c1-2-22-14-4-3-11-13(19)10-23-15(11)12(14)9-17-5-7-18(8-6-17)16(20)21/h3-4H,2,5-10H2,1H3,(H,20,21). The second-order valence-electron chi connectivity index (χ2n) is 5.61. The summed E-state index contributed by atoms with van der Waals surface area (Å²) in [6, 6.07) is 3.57. The fraction of sp³-hybridized carbons (Fsp3) is 0.500. The van der Waals surface area contributed by atoms with Crippen molar-refractivity contribution in [3.05, 3.63) is 23.3 Å². The van der Waals surface area contributed by atoms with E-state index in [1.807, 2.05) is 13.0 Å². The Hall–Kier alpha value is -2.28. The number of nitrogens with zero attached hydrogens (tertiary/aromatic N) is 2. The molecule has 2 aliphatic rings. The average molecular weight is 320 g/mol. The number of ether oxygens (including phenoxy) is 2. The highest BCUT2D eigenvalue weighted by Gasteiger charge is 2.29. The summed E-state index contributed by atoms with van der Waals surface area (Å²) in [6.07, 6.45) is -0.880. The maximum absolute atomic E-state index is 11.8. The molecule has 1 fully saturated rings. The number of ketones is 1. The Kier molecular flexibility index (Phi) is 4.38. The summed E-state index contributed by atoms with van der Waals surface area (Å²) in [6.45, 7) is 5.36. The molecule has 0 unspecified atom stereocenters. The normalized spacial score (nSPS) is 17.8. The third kappa shape index (κ3) is 3.10. The topological polar surface area (TPSA) is 79.3 Å². The predicted molar refractivity (Wildman–Crippen MR) is 82.3 cm³/mol. The van der Waals surface area contributed by atoms with Crippen LogP contribution in [-0.4, -0.2) is 66.2 Å². The van der Waals surface area contributed by atoms with Gasteiger partial charge >= 0.3 is 6.09 Å². The molecule has 7 heteroatoms. The van der Waals surface area contributed by atoms with E-state index in [0.717, 1.165) is 11.3 Å². The van der Waals surface area contributed by atoms with Crippen LogP contribution in [0.25, 0.3) is 0 Å². The summed E-state index contributed by atoms with van der Waals surface area (Å²) >= 11 is 0. The van der Waals surface area contributed by atoms with E-state index in [4.69, 9.17) is 14.6 Å². The van der Waals surface area contributed by atoms with Gasteiger partial charge in [-0.25, -0.2) is 4.79 Å². The Bertz CT molecular complexity index is 623. The molecule has 0 radical (unpaired) electrons. The average Bonchev–Trinajstić information content (AvgIpc) is 2.92. The van der Waals surface area contributed by atoms with Crippen molar-refractivity contribution in [2.24, 2.45) is 0 Å². The first kappa shape index (κ1) is 15.6. The summed E-state index contributed by atoms with van der Waals surface area (Å²) in [5.41, 5.74) is 1.48. The zero-order chi connectivity index (χ0) is 16.4. The van der Waals surface area contributed by atoms with Gasteiger partial charge in [-0.05, 0) is 19.1 Å². The van der Waals surface area contributed by atoms with Crippen molar-refractivity contribution < 1.29 is 24.2 Å². The van der Waals surface area contributed by atoms with Crippen LogP contribution in [0.3, 0.4) is 0 Å². The molecule has 0 atom stereocenters. The first-order chi connectivity index (χ1) is 11.1. The number of amides is 1. The third-order valence-electron chi connectivity index (χ3n) is 4.19. The smallest absolute Gasteiger partial charge is 0.407 e. The van der Waals surface area contributed by atoms with Gasteiger partial charge in [-0.3, -0.25) is 9.69 Å². The lowest BCUT2D eigenvalue weighted by molar-refractivity contribution is 0.0960. The second kappa shape index (κ2) is 6.45. The first-order valence-electron chi connectivity index (χ1n) is 7.75.